The second-order valence-electron chi connectivity index (χ2n) is 7.53. The lowest BCUT2D eigenvalue weighted by atomic mass is 9.90. The van der Waals surface area contributed by atoms with Gasteiger partial charge in [-0.05, 0) is 41.0 Å². The third kappa shape index (κ3) is 3.97. The topological polar surface area (TPSA) is 17.8 Å². The zero-order valence-corrected chi connectivity index (χ0v) is 18.3. The molecule has 0 saturated carbocycles. The van der Waals surface area contributed by atoms with Gasteiger partial charge in [0, 0.05) is 10.0 Å². The molecule has 1 heterocycles. The number of hydrogen-bond acceptors (Lipinski definition) is 1. The number of rotatable bonds is 5. The molecule has 0 aliphatic rings. The molecule has 4 heteroatoms. The molecule has 5 aromatic rings. The highest BCUT2D eigenvalue weighted by atomic mass is 35.5. The van der Waals surface area contributed by atoms with Crippen molar-refractivity contribution in [3.05, 3.63) is 136 Å². The van der Waals surface area contributed by atoms with E-state index in [9.17, 15) is 0 Å². The SMILES string of the molecule is Clc1ccc(Cn2c(C(c3ccccc3)c3ccccc3)nc3ccccc32)c(Cl)c1. The maximum absolute atomic E-state index is 6.55. The smallest absolute Gasteiger partial charge is 0.122 e. The Hall–Kier alpha value is -3.07. The van der Waals surface area contributed by atoms with Crippen molar-refractivity contribution >= 4 is 34.2 Å². The molecule has 0 bridgehead atoms. The number of benzene rings is 4. The van der Waals surface area contributed by atoms with Gasteiger partial charge in [0.25, 0.3) is 0 Å². The summed E-state index contributed by atoms with van der Waals surface area (Å²) in [6.45, 7) is 0.613. The van der Waals surface area contributed by atoms with Gasteiger partial charge in [-0.2, -0.15) is 0 Å². The molecule has 31 heavy (non-hydrogen) atoms. The van der Waals surface area contributed by atoms with Crippen molar-refractivity contribution in [1.29, 1.82) is 0 Å². The van der Waals surface area contributed by atoms with Gasteiger partial charge in [-0.3, -0.25) is 0 Å². The standard InChI is InChI=1S/C27H20Cl2N2/c28-22-16-15-21(23(29)17-22)18-31-25-14-8-7-13-24(25)30-27(31)26(19-9-3-1-4-10-19)20-11-5-2-6-12-20/h1-17,26H,18H2. The van der Waals surface area contributed by atoms with Crippen LogP contribution in [0.4, 0.5) is 0 Å². The average molecular weight is 443 g/mol. The molecule has 0 spiro atoms. The first-order chi connectivity index (χ1) is 15.2. The maximum atomic E-state index is 6.55. The summed E-state index contributed by atoms with van der Waals surface area (Å²) in [5, 5.41) is 1.29. The first kappa shape index (κ1) is 19.9. The van der Waals surface area contributed by atoms with E-state index in [-0.39, 0.29) is 5.92 Å². The maximum Gasteiger partial charge on any atom is 0.122 e. The molecule has 2 nitrogen and oxygen atoms in total. The quantitative estimate of drug-likeness (QED) is 0.274. The predicted octanol–water partition coefficient (Wildman–Crippen LogP) is 7.57. The van der Waals surface area contributed by atoms with Gasteiger partial charge >= 0.3 is 0 Å². The predicted molar refractivity (Wildman–Crippen MR) is 129 cm³/mol. The summed E-state index contributed by atoms with van der Waals surface area (Å²) in [6, 6.07) is 35.0. The lowest BCUT2D eigenvalue weighted by Crippen LogP contribution is -2.13. The first-order valence-electron chi connectivity index (χ1n) is 10.2. The van der Waals surface area contributed by atoms with Gasteiger partial charge in [-0.15, -0.1) is 0 Å². The fraction of sp³-hybridized carbons (Fsp3) is 0.0741. The Morgan fingerprint density at radius 2 is 1.32 bits per heavy atom. The van der Waals surface area contributed by atoms with Crippen LogP contribution < -0.4 is 0 Å². The monoisotopic (exact) mass is 442 g/mol. The minimum absolute atomic E-state index is 0.000811. The lowest BCUT2D eigenvalue weighted by Gasteiger charge is -2.20. The van der Waals surface area contributed by atoms with Crippen molar-refractivity contribution in [3.8, 4) is 0 Å². The van der Waals surface area contributed by atoms with Gasteiger partial charge in [-0.1, -0.05) is 102 Å². The molecule has 0 fully saturated rings. The van der Waals surface area contributed by atoms with Gasteiger partial charge in [0.1, 0.15) is 5.82 Å². The Kier molecular flexibility index (Phi) is 5.50. The van der Waals surface area contributed by atoms with E-state index in [4.69, 9.17) is 28.2 Å². The minimum Gasteiger partial charge on any atom is -0.323 e. The van der Waals surface area contributed by atoms with Crippen LogP contribution in [0.3, 0.4) is 0 Å². The van der Waals surface area contributed by atoms with Gasteiger partial charge in [0.2, 0.25) is 0 Å². The van der Waals surface area contributed by atoms with Crippen LogP contribution in [-0.2, 0) is 6.54 Å². The van der Waals surface area contributed by atoms with Crippen molar-refractivity contribution in [2.45, 2.75) is 12.5 Å². The number of aromatic nitrogens is 2. The van der Waals surface area contributed by atoms with E-state index >= 15 is 0 Å². The highest BCUT2D eigenvalue weighted by molar-refractivity contribution is 6.35. The van der Waals surface area contributed by atoms with Crippen LogP contribution in [0.15, 0.2) is 103 Å². The van der Waals surface area contributed by atoms with E-state index in [1.807, 2.05) is 36.4 Å². The van der Waals surface area contributed by atoms with Crippen LogP contribution in [0, 0.1) is 0 Å². The summed E-state index contributed by atoms with van der Waals surface area (Å²) in [5.41, 5.74) is 5.47. The summed E-state index contributed by atoms with van der Waals surface area (Å²) >= 11 is 12.7. The van der Waals surface area contributed by atoms with E-state index in [2.05, 4.69) is 65.2 Å². The minimum atomic E-state index is 0.000811. The Labute approximate surface area is 191 Å². The normalized spacial score (nSPS) is 11.3. The van der Waals surface area contributed by atoms with E-state index in [0.29, 0.717) is 16.6 Å². The molecule has 0 amide bonds. The Morgan fingerprint density at radius 3 is 1.97 bits per heavy atom. The molecule has 0 aliphatic heterocycles. The lowest BCUT2D eigenvalue weighted by molar-refractivity contribution is 0.723. The zero-order chi connectivity index (χ0) is 21.2. The molecule has 5 rings (SSSR count). The van der Waals surface area contributed by atoms with E-state index < -0.39 is 0 Å². The molecule has 0 N–H and O–H groups in total. The molecular formula is C27H20Cl2N2. The number of halogens is 2. The van der Waals surface area contributed by atoms with Crippen molar-refractivity contribution in [3.63, 3.8) is 0 Å². The third-order valence-corrected chi connectivity index (χ3v) is 6.14. The summed E-state index contributed by atoms with van der Waals surface area (Å²) in [7, 11) is 0. The molecular weight excluding hydrogens is 423 g/mol. The van der Waals surface area contributed by atoms with Crippen LogP contribution >= 0.6 is 23.2 Å². The highest BCUT2D eigenvalue weighted by Gasteiger charge is 2.24. The average Bonchev–Trinajstić information content (AvgIpc) is 3.15. The highest BCUT2D eigenvalue weighted by Crippen LogP contribution is 2.34. The molecule has 152 valence electrons. The summed E-state index contributed by atoms with van der Waals surface area (Å²) in [6.07, 6.45) is 0. The zero-order valence-electron chi connectivity index (χ0n) is 16.7. The number of fused-ring (bicyclic) bond motifs is 1. The number of nitrogens with zero attached hydrogens (tertiary/aromatic N) is 2. The fourth-order valence-corrected chi connectivity index (χ4v) is 4.55. The molecule has 0 unspecified atom stereocenters. The Balaban J connectivity index is 1.73. The van der Waals surface area contributed by atoms with Crippen molar-refractivity contribution < 1.29 is 0 Å². The Morgan fingerprint density at radius 1 is 0.710 bits per heavy atom. The summed E-state index contributed by atoms with van der Waals surface area (Å²) < 4.78 is 2.27. The molecule has 0 atom stereocenters. The van der Waals surface area contributed by atoms with E-state index in [1.165, 1.54) is 11.1 Å². The molecule has 0 saturated heterocycles. The first-order valence-corrected chi connectivity index (χ1v) is 11.0. The Bertz CT molecular complexity index is 1290. The molecule has 0 aliphatic carbocycles. The van der Waals surface area contributed by atoms with Gasteiger partial charge in [0.05, 0.1) is 23.5 Å². The molecule has 0 radical (unpaired) electrons. The van der Waals surface area contributed by atoms with Gasteiger partial charge in [0.15, 0.2) is 0 Å². The van der Waals surface area contributed by atoms with Crippen molar-refractivity contribution in [2.24, 2.45) is 0 Å². The van der Waals surface area contributed by atoms with Gasteiger partial charge in [-0.25, -0.2) is 4.98 Å². The van der Waals surface area contributed by atoms with Crippen LogP contribution in [0.5, 0.6) is 0 Å². The van der Waals surface area contributed by atoms with E-state index in [0.717, 1.165) is 22.4 Å². The van der Waals surface area contributed by atoms with Crippen LogP contribution in [0.25, 0.3) is 11.0 Å². The van der Waals surface area contributed by atoms with Crippen LogP contribution in [0.2, 0.25) is 10.0 Å². The summed E-state index contributed by atoms with van der Waals surface area (Å²) in [5.74, 6) is 0.991. The number of hydrogen-bond donors (Lipinski definition) is 0. The van der Waals surface area contributed by atoms with Crippen LogP contribution in [0.1, 0.15) is 28.4 Å². The number of imidazole rings is 1. The largest absolute Gasteiger partial charge is 0.323 e. The summed E-state index contributed by atoms with van der Waals surface area (Å²) in [4.78, 5) is 5.10. The van der Waals surface area contributed by atoms with Crippen molar-refractivity contribution in [1.82, 2.24) is 9.55 Å². The second kappa shape index (κ2) is 8.58. The van der Waals surface area contributed by atoms with Crippen LogP contribution in [-0.4, -0.2) is 9.55 Å². The second-order valence-corrected chi connectivity index (χ2v) is 8.38. The fourth-order valence-electron chi connectivity index (χ4n) is 4.08. The third-order valence-electron chi connectivity index (χ3n) is 5.55. The molecule has 1 aromatic heterocycles. The van der Waals surface area contributed by atoms with E-state index in [1.54, 1.807) is 6.07 Å². The number of para-hydroxylation sites is 2. The van der Waals surface area contributed by atoms with Gasteiger partial charge < -0.3 is 4.57 Å². The molecule has 4 aromatic carbocycles. The van der Waals surface area contributed by atoms with Crippen molar-refractivity contribution in [2.75, 3.05) is 0 Å².